The van der Waals surface area contributed by atoms with Gasteiger partial charge in [-0.05, 0) is 30.0 Å². The standard InChI is InChI=1S/C13H12N2OS2/c1-2-15-8-9(7-14-15)5-10(16)12-6-13-11(18-12)3-4-17-13/h3-4,6-8H,2,5H2,1H3. The summed E-state index contributed by atoms with van der Waals surface area (Å²) < 4.78 is 4.25. The van der Waals surface area contributed by atoms with Gasteiger partial charge in [0.15, 0.2) is 5.78 Å². The van der Waals surface area contributed by atoms with E-state index < -0.39 is 0 Å². The fourth-order valence-corrected chi connectivity index (χ4v) is 3.89. The third-order valence-corrected chi connectivity index (χ3v) is 4.92. The summed E-state index contributed by atoms with van der Waals surface area (Å²) >= 11 is 3.26. The number of aryl methyl sites for hydroxylation is 1. The van der Waals surface area contributed by atoms with Gasteiger partial charge in [0.2, 0.25) is 0 Å². The van der Waals surface area contributed by atoms with Gasteiger partial charge in [-0.15, -0.1) is 22.7 Å². The summed E-state index contributed by atoms with van der Waals surface area (Å²) in [5.41, 5.74) is 0.985. The third-order valence-electron chi connectivity index (χ3n) is 2.79. The van der Waals surface area contributed by atoms with Crippen LogP contribution in [0.25, 0.3) is 9.40 Å². The molecule has 92 valence electrons. The van der Waals surface area contributed by atoms with Gasteiger partial charge in [-0.1, -0.05) is 0 Å². The van der Waals surface area contributed by atoms with Crippen LogP contribution in [0.3, 0.4) is 0 Å². The Morgan fingerprint density at radius 3 is 3.06 bits per heavy atom. The molecular weight excluding hydrogens is 264 g/mol. The van der Waals surface area contributed by atoms with Crippen molar-refractivity contribution < 1.29 is 4.79 Å². The van der Waals surface area contributed by atoms with Crippen LogP contribution in [0.5, 0.6) is 0 Å². The number of carbonyl (C=O) groups is 1. The summed E-state index contributed by atoms with van der Waals surface area (Å²) in [7, 11) is 0. The molecule has 18 heavy (non-hydrogen) atoms. The van der Waals surface area contributed by atoms with Crippen LogP contribution in [-0.2, 0) is 13.0 Å². The zero-order valence-corrected chi connectivity index (χ0v) is 11.6. The van der Waals surface area contributed by atoms with Gasteiger partial charge < -0.3 is 0 Å². The number of carbonyl (C=O) groups excluding carboxylic acids is 1. The van der Waals surface area contributed by atoms with E-state index in [9.17, 15) is 4.79 Å². The predicted molar refractivity (Wildman–Crippen MR) is 75.6 cm³/mol. The number of fused-ring (bicyclic) bond motifs is 1. The van der Waals surface area contributed by atoms with Crippen molar-refractivity contribution in [2.45, 2.75) is 19.9 Å². The molecule has 0 aliphatic rings. The number of aromatic nitrogens is 2. The molecule has 5 heteroatoms. The van der Waals surface area contributed by atoms with Crippen molar-refractivity contribution >= 4 is 37.9 Å². The molecule has 0 N–H and O–H groups in total. The predicted octanol–water partition coefficient (Wildman–Crippen LogP) is 3.60. The van der Waals surface area contributed by atoms with Crippen LogP contribution in [0.1, 0.15) is 22.2 Å². The summed E-state index contributed by atoms with van der Waals surface area (Å²) in [6, 6.07) is 4.06. The number of Topliss-reactive ketones (excluding diaryl/α,β-unsaturated/α-hetero) is 1. The highest BCUT2D eigenvalue weighted by Gasteiger charge is 2.12. The van der Waals surface area contributed by atoms with Crippen molar-refractivity contribution in [1.82, 2.24) is 9.78 Å². The molecule has 0 spiro atoms. The molecule has 0 aromatic carbocycles. The van der Waals surface area contributed by atoms with Gasteiger partial charge in [-0.2, -0.15) is 5.10 Å². The van der Waals surface area contributed by atoms with E-state index in [0.717, 1.165) is 17.0 Å². The molecular formula is C13H12N2OS2. The zero-order valence-electron chi connectivity index (χ0n) is 9.92. The Morgan fingerprint density at radius 1 is 1.44 bits per heavy atom. The lowest BCUT2D eigenvalue weighted by atomic mass is 10.1. The van der Waals surface area contributed by atoms with E-state index in [-0.39, 0.29) is 5.78 Å². The normalized spacial score (nSPS) is 11.2. The highest BCUT2D eigenvalue weighted by Crippen LogP contribution is 2.30. The van der Waals surface area contributed by atoms with Crippen LogP contribution in [0.2, 0.25) is 0 Å². The second kappa shape index (κ2) is 4.66. The van der Waals surface area contributed by atoms with Gasteiger partial charge in [0, 0.05) is 28.6 Å². The average molecular weight is 276 g/mol. The van der Waals surface area contributed by atoms with E-state index in [1.165, 1.54) is 9.40 Å². The first kappa shape index (κ1) is 11.6. The van der Waals surface area contributed by atoms with Crippen molar-refractivity contribution in [3.05, 3.63) is 40.3 Å². The summed E-state index contributed by atoms with van der Waals surface area (Å²) in [6.45, 7) is 2.87. The Kier molecular flexibility index (Phi) is 3.01. The molecule has 0 fully saturated rings. The van der Waals surface area contributed by atoms with Crippen LogP contribution in [-0.4, -0.2) is 15.6 Å². The van der Waals surface area contributed by atoms with Crippen LogP contribution in [0.15, 0.2) is 29.9 Å². The Balaban J connectivity index is 1.80. The van der Waals surface area contributed by atoms with Gasteiger partial charge in [-0.25, -0.2) is 0 Å². The smallest absolute Gasteiger partial charge is 0.177 e. The summed E-state index contributed by atoms with van der Waals surface area (Å²) in [6.07, 6.45) is 4.15. The Hall–Kier alpha value is -1.46. The lowest BCUT2D eigenvalue weighted by Gasteiger charge is -1.94. The summed E-state index contributed by atoms with van der Waals surface area (Å²) in [5, 5.41) is 6.24. The van der Waals surface area contributed by atoms with Crippen LogP contribution in [0.4, 0.5) is 0 Å². The maximum absolute atomic E-state index is 12.2. The molecule has 3 nitrogen and oxygen atoms in total. The van der Waals surface area contributed by atoms with Gasteiger partial charge in [0.05, 0.1) is 11.1 Å². The van der Waals surface area contributed by atoms with E-state index in [2.05, 4.69) is 16.5 Å². The molecule has 3 aromatic heterocycles. The first-order valence-electron chi connectivity index (χ1n) is 5.78. The number of ketones is 1. The van der Waals surface area contributed by atoms with Crippen LogP contribution >= 0.6 is 22.7 Å². The van der Waals surface area contributed by atoms with E-state index in [4.69, 9.17) is 0 Å². The molecule has 3 aromatic rings. The highest BCUT2D eigenvalue weighted by molar-refractivity contribution is 7.27. The molecule has 3 rings (SSSR count). The molecule has 0 aliphatic heterocycles. The molecule has 0 radical (unpaired) electrons. The van der Waals surface area contributed by atoms with Gasteiger partial charge >= 0.3 is 0 Å². The van der Waals surface area contributed by atoms with Crippen molar-refractivity contribution in [2.75, 3.05) is 0 Å². The fraction of sp³-hybridized carbons (Fsp3) is 0.231. The quantitative estimate of drug-likeness (QED) is 0.682. The number of rotatable bonds is 4. The number of nitrogens with zero attached hydrogens (tertiary/aromatic N) is 2. The van der Waals surface area contributed by atoms with Gasteiger partial charge in [0.1, 0.15) is 0 Å². The monoisotopic (exact) mass is 276 g/mol. The third kappa shape index (κ3) is 2.11. The Morgan fingerprint density at radius 2 is 2.33 bits per heavy atom. The van der Waals surface area contributed by atoms with Gasteiger partial charge in [-0.3, -0.25) is 9.48 Å². The molecule has 0 saturated carbocycles. The summed E-state index contributed by atoms with van der Waals surface area (Å²) in [5.74, 6) is 0.180. The second-order valence-corrected chi connectivity index (χ2v) is 6.10. The molecule has 0 saturated heterocycles. The molecule has 0 bridgehead atoms. The van der Waals surface area contributed by atoms with E-state index in [0.29, 0.717) is 6.42 Å². The molecule has 0 aliphatic carbocycles. The van der Waals surface area contributed by atoms with E-state index in [1.54, 1.807) is 28.9 Å². The fourth-order valence-electron chi connectivity index (χ4n) is 1.85. The van der Waals surface area contributed by atoms with Crippen LogP contribution in [0, 0.1) is 0 Å². The Bertz CT molecular complexity index is 664. The van der Waals surface area contributed by atoms with Crippen molar-refractivity contribution in [2.24, 2.45) is 0 Å². The molecule has 3 heterocycles. The SMILES string of the molecule is CCn1cc(CC(=O)c2cc3sccc3s2)cn1. The lowest BCUT2D eigenvalue weighted by molar-refractivity contribution is 0.0997. The lowest BCUT2D eigenvalue weighted by Crippen LogP contribution is -2.00. The minimum Gasteiger partial charge on any atom is -0.293 e. The summed E-state index contributed by atoms with van der Waals surface area (Å²) in [4.78, 5) is 13.0. The zero-order chi connectivity index (χ0) is 12.5. The molecule has 0 atom stereocenters. The highest BCUT2D eigenvalue weighted by atomic mass is 32.1. The average Bonchev–Trinajstić information content (AvgIpc) is 3.02. The minimum atomic E-state index is 0.180. The largest absolute Gasteiger partial charge is 0.293 e. The first-order valence-corrected chi connectivity index (χ1v) is 7.47. The maximum Gasteiger partial charge on any atom is 0.177 e. The van der Waals surface area contributed by atoms with E-state index in [1.807, 2.05) is 23.9 Å². The number of thiophene rings is 2. The second-order valence-electron chi connectivity index (χ2n) is 4.06. The van der Waals surface area contributed by atoms with E-state index >= 15 is 0 Å². The van der Waals surface area contributed by atoms with Crippen LogP contribution < -0.4 is 0 Å². The maximum atomic E-state index is 12.2. The van der Waals surface area contributed by atoms with Crippen molar-refractivity contribution in [1.29, 1.82) is 0 Å². The van der Waals surface area contributed by atoms with Crippen molar-refractivity contribution in [3.8, 4) is 0 Å². The number of hydrogen-bond acceptors (Lipinski definition) is 4. The Labute approximate surface area is 113 Å². The molecule has 0 amide bonds. The van der Waals surface area contributed by atoms with Gasteiger partial charge in [0.25, 0.3) is 0 Å². The van der Waals surface area contributed by atoms with Crippen molar-refractivity contribution in [3.63, 3.8) is 0 Å². The number of hydrogen-bond donors (Lipinski definition) is 0. The minimum absolute atomic E-state index is 0.180. The first-order chi connectivity index (χ1) is 8.76. The molecule has 0 unspecified atom stereocenters. The topological polar surface area (TPSA) is 34.9 Å².